The number of carbonyl (C=O) groups excluding carboxylic acids is 2. The maximum absolute atomic E-state index is 12.6. The lowest BCUT2D eigenvalue weighted by Crippen LogP contribution is -2.38. The van der Waals surface area contributed by atoms with Crippen LogP contribution in [0.25, 0.3) is 11.0 Å². The number of halogens is 3. The van der Waals surface area contributed by atoms with E-state index in [0.29, 0.717) is 38.4 Å². The number of carboxylic acids is 1. The van der Waals surface area contributed by atoms with E-state index in [9.17, 15) is 27.6 Å². The molecule has 1 heterocycles. The molecule has 0 radical (unpaired) electrons. The number of amides is 1. The van der Waals surface area contributed by atoms with Crippen LogP contribution in [0.1, 0.15) is 39.9 Å². The Morgan fingerprint density at radius 2 is 1.85 bits per heavy atom. The minimum absolute atomic E-state index is 0.00496. The number of aryl methyl sites for hydroxylation is 1. The summed E-state index contributed by atoms with van der Waals surface area (Å²) in [5.41, 5.74) is 8.00. The Hall–Kier alpha value is -2.63. The van der Waals surface area contributed by atoms with E-state index in [0.717, 1.165) is 23.4 Å². The van der Waals surface area contributed by atoms with E-state index in [2.05, 4.69) is 11.5 Å². The molecular formula is C25H40F3N4O6P. The van der Waals surface area contributed by atoms with Gasteiger partial charge in [-0.1, -0.05) is 13.8 Å². The zero-order valence-corrected chi connectivity index (χ0v) is 24.2. The van der Waals surface area contributed by atoms with Crippen molar-refractivity contribution in [1.82, 2.24) is 9.47 Å². The third-order valence-corrected chi connectivity index (χ3v) is 6.43. The minimum atomic E-state index is -5.19. The molecule has 0 spiro atoms. The standard InChI is InChI=1S/C23H40N4O4P.C2HF3O2/c1-7-26-20-9-8-19(13-21(20)27(15-18(4)28)22(26)14-24)31-11-10-25(16-32(5,6)30)23(29)12-17(2)3;3-2(4,5)1(6)7/h8-9,13,17-18,28H,7,10-12,14-16,24H2,1-6H3;(H,6,7)/q+1;/p-1/t18-;/m0./s1. The molecule has 39 heavy (non-hydrogen) atoms. The van der Waals surface area contributed by atoms with E-state index in [1.165, 1.54) is 0 Å². The molecule has 14 heteroatoms. The summed E-state index contributed by atoms with van der Waals surface area (Å²) in [7, 11) is -2.39. The maximum Gasteiger partial charge on any atom is 0.430 e. The van der Waals surface area contributed by atoms with Crippen molar-refractivity contribution in [2.45, 2.75) is 66.0 Å². The van der Waals surface area contributed by atoms with E-state index in [-0.39, 0.29) is 18.1 Å². The average molecular weight is 581 g/mol. The van der Waals surface area contributed by atoms with E-state index in [4.69, 9.17) is 20.4 Å². The molecule has 0 fully saturated rings. The van der Waals surface area contributed by atoms with E-state index in [1.54, 1.807) is 25.2 Å². The summed E-state index contributed by atoms with van der Waals surface area (Å²) in [5, 5.41) is 18.8. The highest BCUT2D eigenvalue weighted by Gasteiger charge is 2.29. The van der Waals surface area contributed by atoms with Gasteiger partial charge in [0.15, 0.2) is 11.0 Å². The van der Waals surface area contributed by atoms with Gasteiger partial charge in [0.2, 0.25) is 5.91 Å². The van der Waals surface area contributed by atoms with Gasteiger partial charge in [0.05, 0.1) is 32.0 Å². The molecule has 2 rings (SSSR count). The van der Waals surface area contributed by atoms with Gasteiger partial charge in [-0.15, -0.1) is 0 Å². The van der Waals surface area contributed by atoms with Gasteiger partial charge >= 0.3 is 6.18 Å². The third-order valence-electron chi connectivity index (χ3n) is 5.41. The Morgan fingerprint density at radius 1 is 1.26 bits per heavy atom. The molecule has 2 aromatic rings. The first kappa shape index (κ1) is 34.4. The summed E-state index contributed by atoms with van der Waals surface area (Å²) in [6.45, 7) is 13.5. The van der Waals surface area contributed by atoms with Crippen LogP contribution in [0.2, 0.25) is 0 Å². The number of alkyl halides is 3. The number of ether oxygens (including phenoxy) is 1. The van der Waals surface area contributed by atoms with Crippen molar-refractivity contribution in [3.63, 3.8) is 0 Å². The molecule has 10 nitrogen and oxygen atoms in total. The van der Waals surface area contributed by atoms with Crippen molar-refractivity contribution in [2.75, 3.05) is 32.8 Å². The molecule has 0 aliphatic rings. The van der Waals surface area contributed by atoms with Gasteiger partial charge in [-0.2, -0.15) is 13.2 Å². The van der Waals surface area contributed by atoms with Crippen molar-refractivity contribution >= 4 is 30.1 Å². The largest absolute Gasteiger partial charge is 0.542 e. The zero-order valence-electron chi connectivity index (χ0n) is 23.3. The number of rotatable bonds is 12. The summed E-state index contributed by atoms with van der Waals surface area (Å²) in [6.07, 6.45) is -5.02. The molecule has 1 aromatic carbocycles. The predicted octanol–water partition coefficient (Wildman–Crippen LogP) is 1.92. The van der Waals surface area contributed by atoms with Gasteiger partial charge in [0, 0.05) is 12.5 Å². The smallest absolute Gasteiger partial charge is 0.430 e. The van der Waals surface area contributed by atoms with E-state index >= 15 is 0 Å². The summed E-state index contributed by atoms with van der Waals surface area (Å²) >= 11 is 0. The van der Waals surface area contributed by atoms with Crippen molar-refractivity contribution in [1.29, 1.82) is 0 Å². The first-order chi connectivity index (χ1) is 17.9. The topological polar surface area (TPSA) is 142 Å². The molecular weight excluding hydrogens is 540 g/mol. The van der Waals surface area contributed by atoms with Crippen LogP contribution in [0.15, 0.2) is 18.2 Å². The molecule has 1 amide bonds. The van der Waals surface area contributed by atoms with Crippen LogP contribution >= 0.6 is 7.14 Å². The number of carboxylic acid groups (broad SMARTS) is 1. The van der Waals surface area contributed by atoms with Gasteiger partial charge < -0.3 is 34.9 Å². The van der Waals surface area contributed by atoms with Gasteiger partial charge in [-0.05, 0) is 45.2 Å². The summed E-state index contributed by atoms with van der Waals surface area (Å²) in [4.78, 5) is 23.1. The Morgan fingerprint density at radius 3 is 2.28 bits per heavy atom. The first-order valence-electron chi connectivity index (χ1n) is 12.6. The number of nitrogens with two attached hydrogens (primary N) is 1. The Labute approximate surface area is 226 Å². The second-order valence-corrected chi connectivity index (χ2v) is 13.5. The Bertz CT molecular complexity index is 1160. The fourth-order valence-electron chi connectivity index (χ4n) is 3.94. The lowest BCUT2D eigenvalue weighted by Gasteiger charge is -2.25. The van der Waals surface area contributed by atoms with Crippen molar-refractivity contribution in [3.8, 4) is 5.75 Å². The molecule has 0 unspecified atom stereocenters. The molecule has 0 aliphatic carbocycles. The third kappa shape index (κ3) is 11.2. The molecule has 0 saturated heterocycles. The maximum atomic E-state index is 12.6. The average Bonchev–Trinajstić information content (AvgIpc) is 3.08. The number of aliphatic hydroxyl groups is 1. The number of imidazole rings is 1. The normalized spacial score (nSPS) is 12.7. The molecule has 222 valence electrons. The van der Waals surface area contributed by atoms with Crippen LogP contribution in [0, 0.1) is 5.92 Å². The van der Waals surface area contributed by atoms with Crippen LogP contribution in [-0.4, -0.2) is 71.5 Å². The van der Waals surface area contributed by atoms with Crippen LogP contribution in [0.4, 0.5) is 13.2 Å². The number of hydrogen-bond donors (Lipinski definition) is 2. The zero-order chi connectivity index (χ0) is 30.1. The molecule has 0 saturated carbocycles. The SMILES string of the molecule is CC[n+]1c(CN)n(C[C@H](C)O)c2cc(OCCN(CP(C)(C)=O)C(=O)CC(C)C)ccc21.O=C([O-])C(F)(F)F. The predicted molar refractivity (Wildman–Crippen MR) is 139 cm³/mol. The number of aliphatic carboxylic acids is 1. The fraction of sp³-hybridized carbons (Fsp3) is 0.640. The van der Waals surface area contributed by atoms with Gasteiger partial charge in [0.25, 0.3) is 5.82 Å². The molecule has 0 bridgehead atoms. The number of carbonyl (C=O) groups is 2. The number of benzene rings is 1. The highest BCUT2D eigenvalue weighted by atomic mass is 31.2. The molecule has 1 atom stereocenters. The monoisotopic (exact) mass is 580 g/mol. The molecule has 0 aliphatic heterocycles. The summed E-state index contributed by atoms with van der Waals surface area (Å²) in [5.74, 6) is -1.13. The quantitative estimate of drug-likeness (QED) is 0.289. The van der Waals surface area contributed by atoms with Gasteiger partial charge in [-0.3, -0.25) is 4.79 Å². The molecule has 1 aromatic heterocycles. The van der Waals surface area contributed by atoms with Crippen LogP contribution in [0.5, 0.6) is 5.75 Å². The lowest BCUT2D eigenvalue weighted by atomic mass is 10.1. The van der Waals surface area contributed by atoms with E-state index in [1.807, 2.05) is 36.6 Å². The summed E-state index contributed by atoms with van der Waals surface area (Å²) < 4.78 is 54.1. The first-order valence-corrected chi connectivity index (χ1v) is 15.4. The number of nitrogens with zero attached hydrogens (tertiary/aromatic N) is 3. The van der Waals surface area contributed by atoms with Gasteiger partial charge in [0.1, 0.15) is 32.0 Å². The van der Waals surface area contributed by atoms with Crippen molar-refractivity contribution in [2.24, 2.45) is 11.7 Å². The highest BCUT2D eigenvalue weighted by molar-refractivity contribution is 7.62. The minimum Gasteiger partial charge on any atom is -0.542 e. The van der Waals surface area contributed by atoms with E-state index < -0.39 is 25.4 Å². The highest BCUT2D eigenvalue weighted by Crippen LogP contribution is 2.36. The van der Waals surface area contributed by atoms with Crippen LogP contribution in [-0.2, 0) is 33.8 Å². The lowest BCUT2D eigenvalue weighted by molar-refractivity contribution is -0.676. The fourth-order valence-corrected chi connectivity index (χ4v) is 5.06. The second-order valence-electron chi connectivity index (χ2n) is 10.1. The molecule has 3 N–H and O–H groups in total. The van der Waals surface area contributed by atoms with Crippen molar-refractivity contribution in [3.05, 3.63) is 24.0 Å². The number of aliphatic hydroxyl groups excluding tert-OH is 1. The number of hydrogen-bond acceptors (Lipinski definition) is 7. The Kier molecular flexibility index (Phi) is 12.9. The van der Waals surface area contributed by atoms with Crippen molar-refractivity contribution < 1.29 is 46.8 Å². The van der Waals surface area contributed by atoms with Crippen LogP contribution in [0.3, 0.4) is 0 Å². The number of fused-ring (bicyclic) bond motifs is 1. The number of aromatic nitrogens is 2. The summed E-state index contributed by atoms with van der Waals surface area (Å²) in [6, 6.07) is 5.86. The Balaban J connectivity index is 0.000000956. The second kappa shape index (κ2) is 14.7. The van der Waals surface area contributed by atoms with Gasteiger partial charge in [-0.25, -0.2) is 9.13 Å². The van der Waals surface area contributed by atoms with Crippen LogP contribution < -0.4 is 20.1 Å².